The highest BCUT2D eigenvalue weighted by Gasteiger charge is 2.35. The van der Waals surface area contributed by atoms with Gasteiger partial charge in [-0.2, -0.15) is 5.10 Å². The third-order valence-corrected chi connectivity index (χ3v) is 5.70. The van der Waals surface area contributed by atoms with Gasteiger partial charge in [0.15, 0.2) is 0 Å². The van der Waals surface area contributed by atoms with Crippen LogP contribution in [-0.2, 0) is 14.3 Å². The average molecular weight is 418 g/mol. The fraction of sp³-hybridized carbons (Fsp3) is 0.381. The maximum absolute atomic E-state index is 14.5. The lowest BCUT2D eigenvalue weighted by Crippen LogP contribution is -2.42. The SMILES string of the molecule is CCC(=O)N(CCOC)CC(=O)N1N=C(c2cccs2)CC1c1ccccc1F. The van der Waals surface area contributed by atoms with Crippen LogP contribution in [0.5, 0.6) is 0 Å². The maximum atomic E-state index is 14.5. The molecule has 8 heteroatoms. The van der Waals surface area contributed by atoms with Gasteiger partial charge in [-0.1, -0.05) is 31.2 Å². The molecule has 0 saturated heterocycles. The Morgan fingerprint density at radius 3 is 2.76 bits per heavy atom. The number of benzene rings is 1. The summed E-state index contributed by atoms with van der Waals surface area (Å²) < 4.78 is 19.5. The van der Waals surface area contributed by atoms with Gasteiger partial charge in [0.2, 0.25) is 5.91 Å². The number of methoxy groups -OCH3 is 1. The van der Waals surface area contributed by atoms with Crippen LogP contribution in [0.15, 0.2) is 46.9 Å². The number of carbonyl (C=O) groups is 2. The highest BCUT2D eigenvalue weighted by atomic mass is 32.1. The number of hydrogen-bond donors (Lipinski definition) is 0. The molecule has 2 heterocycles. The van der Waals surface area contributed by atoms with Gasteiger partial charge >= 0.3 is 0 Å². The van der Waals surface area contributed by atoms with Crippen molar-refractivity contribution in [3.8, 4) is 0 Å². The Hall–Kier alpha value is -2.58. The van der Waals surface area contributed by atoms with E-state index in [1.165, 1.54) is 27.3 Å². The Labute approximate surface area is 173 Å². The molecular weight excluding hydrogens is 393 g/mol. The van der Waals surface area contributed by atoms with Crippen molar-refractivity contribution in [3.05, 3.63) is 58.0 Å². The maximum Gasteiger partial charge on any atom is 0.262 e. The van der Waals surface area contributed by atoms with Crippen LogP contribution in [0.1, 0.15) is 36.2 Å². The van der Waals surface area contributed by atoms with E-state index in [0.29, 0.717) is 25.1 Å². The van der Waals surface area contributed by atoms with Crippen molar-refractivity contribution >= 4 is 28.9 Å². The van der Waals surface area contributed by atoms with E-state index in [4.69, 9.17) is 4.74 Å². The molecule has 0 N–H and O–H groups in total. The number of rotatable bonds is 8. The van der Waals surface area contributed by atoms with Crippen molar-refractivity contribution in [2.24, 2.45) is 5.10 Å². The van der Waals surface area contributed by atoms with Crippen LogP contribution >= 0.6 is 11.3 Å². The summed E-state index contributed by atoms with van der Waals surface area (Å²) in [5, 5.41) is 7.79. The van der Waals surface area contributed by atoms with Gasteiger partial charge in [-0.05, 0) is 17.5 Å². The second-order valence-corrected chi connectivity index (χ2v) is 7.61. The Bertz CT molecular complexity index is 885. The summed E-state index contributed by atoms with van der Waals surface area (Å²) in [6.45, 7) is 2.27. The van der Waals surface area contributed by atoms with E-state index in [0.717, 1.165) is 10.6 Å². The van der Waals surface area contributed by atoms with Gasteiger partial charge in [-0.3, -0.25) is 9.59 Å². The lowest BCUT2D eigenvalue weighted by atomic mass is 10.0. The molecule has 0 spiro atoms. The minimum absolute atomic E-state index is 0.123. The minimum Gasteiger partial charge on any atom is -0.383 e. The van der Waals surface area contributed by atoms with Gasteiger partial charge in [0.1, 0.15) is 12.4 Å². The number of halogens is 1. The zero-order valence-electron chi connectivity index (χ0n) is 16.5. The van der Waals surface area contributed by atoms with E-state index in [9.17, 15) is 14.0 Å². The predicted octanol–water partition coefficient (Wildman–Crippen LogP) is 3.45. The van der Waals surface area contributed by atoms with Crippen LogP contribution < -0.4 is 0 Å². The monoisotopic (exact) mass is 417 g/mol. The molecule has 1 aliphatic rings. The van der Waals surface area contributed by atoms with Crippen LogP contribution in [0.2, 0.25) is 0 Å². The number of amides is 2. The zero-order valence-corrected chi connectivity index (χ0v) is 17.3. The molecule has 1 aromatic carbocycles. The molecule has 6 nitrogen and oxygen atoms in total. The van der Waals surface area contributed by atoms with Crippen LogP contribution in [0.4, 0.5) is 4.39 Å². The third-order valence-electron chi connectivity index (χ3n) is 4.78. The van der Waals surface area contributed by atoms with Gasteiger partial charge in [0, 0.05) is 32.1 Å². The standard InChI is InChI=1S/C21H24FN3O3S/c1-3-20(26)24(10-11-28-2)14-21(27)25-18(15-7-4-5-8-16(15)22)13-17(23-25)19-9-6-12-29-19/h4-9,12,18H,3,10-11,13-14H2,1-2H3. The first-order chi connectivity index (χ1) is 14.0. The van der Waals surface area contributed by atoms with Gasteiger partial charge < -0.3 is 9.64 Å². The van der Waals surface area contributed by atoms with Crippen molar-refractivity contribution in [1.82, 2.24) is 9.91 Å². The molecule has 1 atom stereocenters. The summed E-state index contributed by atoms with van der Waals surface area (Å²) in [6, 6.07) is 9.73. The van der Waals surface area contributed by atoms with Crippen LogP contribution in [0.25, 0.3) is 0 Å². The van der Waals surface area contributed by atoms with Crippen LogP contribution in [0.3, 0.4) is 0 Å². The number of hydrogen-bond acceptors (Lipinski definition) is 5. The van der Waals surface area contributed by atoms with Crippen LogP contribution in [0, 0.1) is 5.82 Å². The Morgan fingerprint density at radius 1 is 1.31 bits per heavy atom. The molecule has 0 aliphatic carbocycles. The van der Waals surface area contributed by atoms with E-state index in [2.05, 4.69) is 5.10 Å². The summed E-state index contributed by atoms with van der Waals surface area (Å²) in [6.07, 6.45) is 0.713. The first-order valence-electron chi connectivity index (χ1n) is 9.49. The first-order valence-corrected chi connectivity index (χ1v) is 10.4. The fourth-order valence-corrected chi connectivity index (χ4v) is 3.99. The topological polar surface area (TPSA) is 62.2 Å². The zero-order chi connectivity index (χ0) is 20.8. The number of hydrazone groups is 1. The van der Waals surface area contributed by atoms with Gasteiger partial charge in [-0.15, -0.1) is 11.3 Å². The molecule has 0 radical (unpaired) electrons. The first kappa shape index (κ1) is 21.1. The Balaban J connectivity index is 1.87. The Morgan fingerprint density at radius 2 is 2.10 bits per heavy atom. The molecule has 2 aromatic rings. The van der Waals surface area contributed by atoms with E-state index >= 15 is 0 Å². The van der Waals surface area contributed by atoms with E-state index in [1.807, 2.05) is 17.5 Å². The third kappa shape index (κ3) is 4.89. The molecular formula is C21H24FN3O3S. The molecule has 0 bridgehead atoms. The Kier molecular flexibility index (Phi) is 7.11. The van der Waals surface area contributed by atoms with Crippen molar-refractivity contribution in [2.45, 2.75) is 25.8 Å². The second kappa shape index (κ2) is 9.76. The van der Waals surface area contributed by atoms with E-state index in [1.54, 1.807) is 32.2 Å². The summed E-state index contributed by atoms with van der Waals surface area (Å²) in [4.78, 5) is 27.8. The summed E-state index contributed by atoms with van der Waals surface area (Å²) >= 11 is 1.53. The summed E-state index contributed by atoms with van der Waals surface area (Å²) in [7, 11) is 1.54. The molecule has 0 fully saturated rings. The highest BCUT2D eigenvalue weighted by Crippen LogP contribution is 2.35. The molecule has 1 aromatic heterocycles. The minimum atomic E-state index is -0.540. The van der Waals surface area contributed by atoms with Crippen molar-refractivity contribution in [3.63, 3.8) is 0 Å². The number of nitrogens with zero attached hydrogens (tertiary/aromatic N) is 3. The van der Waals surface area contributed by atoms with Gasteiger partial charge in [0.05, 0.1) is 23.2 Å². The van der Waals surface area contributed by atoms with E-state index in [-0.39, 0.29) is 30.6 Å². The lowest BCUT2D eigenvalue weighted by molar-refractivity contribution is -0.142. The smallest absolute Gasteiger partial charge is 0.262 e. The quantitative estimate of drug-likeness (QED) is 0.661. The van der Waals surface area contributed by atoms with E-state index < -0.39 is 6.04 Å². The van der Waals surface area contributed by atoms with Gasteiger partial charge in [-0.25, -0.2) is 9.40 Å². The van der Waals surface area contributed by atoms with Crippen molar-refractivity contribution < 1.29 is 18.7 Å². The second-order valence-electron chi connectivity index (χ2n) is 6.67. The molecule has 3 rings (SSSR count). The van der Waals surface area contributed by atoms with Gasteiger partial charge in [0.25, 0.3) is 5.91 Å². The number of carbonyl (C=O) groups excluding carboxylic acids is 2. The van der Waals surface area contributed by atoms with Crippen molar-refractivity contribution in [1.29, 1.82) is 0 Å². The molecule has 2 amide bonds. The molecule has 0 saturated carbocycles. The molecule has 29 heavy (non-hydrogen) atoms. The molecule has 1 unspecified atom stereocenters. The fourth-order valence-electron chi connectivity index (χ4n) is 3.27. The van der Waals surface area contributed by atoms with Crippen molar-refractivity contribution in [2.75, 3.05) is 26.8 Å². The average Bonchev–Trinajstić information content (AvgIpc) is 3.40. The normalized spacial score (nSPS) is 16.0. The summed E-state index contributed by atoms with van der Waals surface area (Å²) in [5.74, 6) is -0.860. The molecule has 1 aliphatic heterocycles. The largest absolute Gasteiger partial charge is 0.383 e. The summed E-state index contributed by atoms with van der Waals surface area (Å²) in [5.41, 5.74) is 1.16. The predicted molar refractivity (Wildman–Crippen MR) is 110 cm³/mol. The highest BCUT2D eigenvalue weighted by molar-refractivity contribution is 7.12. The molecule has 154 valence electrons. The number of ether oxygens (including phenoxy) is 1. The number of thiophene rings is 1. The lowest BCUT2D eigenvalue weighted by Gasteiger charge is -2.27. The van der Waals surface area contributed by atoms with Crippen LogP contribution in [-0.4, -0.2) is 54.2 Å².